The Morgan fingerprint density at radius 1 is 0.789 bits per heavy atom. The van der Waals surface area contributed by atoms with Crippen LogP contribution < -0.4 is 0 Å². The average Bonchev–Trinajstić information content (AvgIpc) is 3.04. The molecule has 2 aromatic heterocycles. The van der Waals surface area contributed by atoms with E-state index in [1.165, 1.54) is 59.4 Å². The predicted octanol–water partition coefficient (Wildman–Crippen LogP) is 6.09. The summed E-state index contributed by atoms with van der Waals surface area (Å²) in [5.41, 5.74) is 3.06. The lowest BCUT2D eigenvalue weighted by molar-refractivity contribution is 0.796. The summed E-state index contributed by atoms with van der Waals surface area (Å²) in [6.07, 6.45) is 8.84. The van der Waals surface area contributed by atoms with Crippen molar-refractivity contribution in [3.8, 4) is 0 Å². The molecule has 0 radical (unpaired) electrons. The van der Waals surface area contributed by atoms with E-state index in [4.69, 9.17) is 0 Å². The smallest absolute Gasteiger partial charge is 0.0163 e. The quantitative estimate of drug-likeness (QED) is 0.552. The lowest BCUT2D eigenvalue weighted by Crippen LogP contribution is -1.82. The topological polar surface area (TPSA) is 0 Å². The molecule has 2 rings (SSSR count). The van der Waals surface area contributed by atoms with E-state index in [1.54, 1.807) is 0 Å². The first-order chi connectivity index (χ1) is 9.31. The molecule has 2 heteroatoms. The molecule has 0 aliphatic rings. The third-order valence-corrected chi connectivity index (χ3v) is 5.37. The zero-order valence-electron chi connectivity index (χ0n) is 12.1. The van der Waals surface area contributed by atoms with E-state index in [0.717, 1.165) is 6.42 Å². The fourth-order valence-electron chi connectivity index (χ4n) is 2.23. The monoisotopic (exact) mass is 292 g/mol. The molecule has 0 fully saturated rings. The number of hydrogen-bond donors (Lipinski definition) is 0. The van der Waals surface area contributed by atoms with E-state index < -0.39 is 0 Å². The zero-order valence-corrected chi connectivity index (χ0v) is 13.7. The van der Waals surface area contributed by atoms with Crippen molar-refractivity contribution in [3.63, 3.8) is 0 Å². The molecule has 2 aromatic rings. The maximum atomic E-state index is 2.41. The molecule has 0 amide bonds. The van der Waals surface area contributed by atoms with Crippen LogP contribution in [0.5, 0.6) is 0 Å². The Hall–Kier alpha value is -0.600. The first-order valence-electron chi connectivity index (χ1n) is 7.44. The number of rotatable bonds is 8. The number of aryl methyl sites for hydroxylation is 2. The van der Waals surface area contributed by atoms with Gasteiger partial charge in [-0.3, -0.25) is 0 Å². The second kappa shape index (κ2) is 7.86. The number of thiophene rings is 2. The van der Waals surface area contributed by atoms with Crippen LogP contribution in [0, 0.1) is 0 Å². The van der Waals surface area contributed by atoms with Gasteiger partial charge in [0.1, 0.15) is 0 Å². The minimum atomic E-state index is 1.13. The summed E-state index contributed by atoms with van der Waals surface area (Å²) in [7, 11) is 0. The second-order valence-corrected chi connectivity index (χ2v) is 7.22. The van der Waals surface area contributed by atoms with Crippen LogP contribution in [0.1, 0.15) is 60.4 Å². The standard InChI is InChI=1S/C17H24S2/c1-3-5-7-14-9-16(18-12-14)11-17-10-15(13-19-17)8-6-4-2/h9-10,12-13H,3-8,11H2,1-2H3. The third-order valence-electron chi connectivity index (χ3n) is 3.40. The van der Waals surface area contributed by atoms with E-state index >= 15 is 0 Å². The number of hydrogen-bond acceptors (Lipinski definition) is 2. The fraction of sp³-hybridized carbons (Fsp3) is 0.529. The van der Waals surface area contributed by atoms with Crippen LogP contribution in [0.2, 0.25) is 0 Å². The van der Waals surface area contributed by atoms with Gasteiger partial charge in [-0.2, -0.15) is 0 Å². The molecule has 0 bridgehead atoms. The van der Waals surface area contributed by atoms with E-state index in [1.807, 2.05) is 22.7 Å². The molecule has 0 aliphatic carbocycles. The van der Waals surface area contributed by atoms with E-state index in [0.29, 0.717) is 0 Å². The summed E-state index contributed by atoms with van der Waals surface area (Å²) in [4.78, 5) is 3.05. The fourth-order valence-corrected chi connectivity index (χ4v) is 4.22. The van der Waals surface area contributed by atoms with E-state index in [-0.39, 0.29) is 0 Å². The van der Waals surface area contributed by atoms with Crippen molar-refractivity contribution < 1.29 is 0 Å². The Kier molecular flexibility index (Phi) is 6.12. The van der Waals surface area contributed by atoms with E-state index in [9.17, 15) is 0 Å². The molecule has 104 valence electrons. The van der Waals surface area contributed by atoms with Gasteiger partial charge in [0.15, 0.2) is 0 Å². The van der Waals surface area contributed by atoms with Crippen molar-refractivity contribution >= 4 is 22.7 Å². The number of unbranched alkanes of at least 4 members (excludes halogenated alkanes) is 2. The normalized spacial score (nSPS) is 11.1. The summed E-state index contributed by atoms with van der Waals surface area (Å²) in [5.74, 6) is 0. The summed E-state index contributed by atoms with van der Waals surface area (Å²) in [6.45, 7) is 4.52. The summed E-state index contributed by atoms with van der Waals surface area (Å²) < 4.78 is 0. The first-order valence-corrected chi connectivity index (χ1v) is 9.20. The van der Waals surface area contributed by atoms with Crippen molar-refractivity contribution in [2.45, 2.75) is 58.8 Å². The first kappa shape index (κ1) is 14.8. The lowest BCUT2D eigenvalue weighted by atomic mass is 10.1. The van der Waals surface area contributed by atoms with Gasteiger partial charge >= 0.3 is 0 Å². The molecule has 0 aliphatic heterocycles. The van der Waals surface area contributed by atoms with Crippen LogP contribution in [0.15, 0.2) is 22.9 Å². The summed E-state index contributed by atoms with van der Waals surface area (Å²) in [6, 6.07) is 4.82. The molecule has 0 atom stereocenters. The van der Waals surface area contributed by atoms with Gasteiger partial charge in [-0.05, 0) is 59.7 Å². The molecular formula is C17H24S2. The summed E-state index contributed by atoms with van der Waals surface area (Å²) in [5, 5.41) is 4.69. The van der Waals surface area contributed by atoms with Gasteiger partial charge in [0.05, 0.1) is 0 Å². The molecule has 0 N–H and O–H groups in total. The molecule has 0 aromatic carbocycles. The zero-order chi connectivity index (χ0) is 13.5. The predicted molar refractivity (Wildman–Crippen MR) is 88.7 cm³/mol. The Bertz CT molecular complexity index is 435. The van der Waals surface area contributed by atoms with Gasteiger partial charge in [0.25, 0.3) is 0 Å². The van der Waals surface area contributed by atoms with Gasteiger partial charge in [0.2, 0.25) is 0 Å². The lowest BCUT2D eigenvalue weighted by Gasteiger charge is -1.95. The molecular weight excluding hydrogens is 268 g/mol. The maximum Gasteiger partial charge on any atom is 0.0163 e. The Morgan fingerprint density at radius 2 is 1.26 bits per heavy atom. The van der Waals surface area contributed by atoms with Crippen LogP contribution in [0.3, 0.4) is 0 Å². The molecule has 0 nitrogen and oxygen atoms in total. The van der Waals surface area contributed by atoms with Crippen LogP contribution in [-0.4, -0.2) is 0 Å². The van der Waals surface area contributed by atoms with E-state index in [2.05, 4.69) is 36.7 Å². The molecule has 0 spiro atoms. The average molecular weight is 293 g/mol. The minimum absolute atomic E-state index is 1.13. The van der Waals surface area contributed by atoms with Crippen LogP contribution in [0.25, 0.3) is 0 Å². The van der Waals surface area contributed by atoms with Crippen molar-refractivity contribution in [2.75, 3.05) is 0 Å². The van der Waals surface area contributed by atoms with Gasteiger partial charge in [-0.1, -0.05) is 26.7 Å². The third kappa shape index (κ3) is 4.77. The Balaban J connectivity index is 1.89. The highest BCUT2D eigenvalue weighted by Gasteiger charge is 2.04. The van der Waals surface area contributed by atoms with Crippen molar-refractivity contribution in [3.05, 3.63) is 43.8 Å². The molecule has 2 heterocycles. The highest BCUT2D eigenvalue weighted by Crippen LogP contribution is 2.24. The van der Waals surface area contributed by atoms with Crippen LogP contribution in [-0.2, 0) is 19.3 Å². The molecule has 0 unspecified atom stereocenters. The van der Waals surface area contributed by atoms with Crippen LogP contribution in [0.4, 0.5) is 0 Å². The van der Waals surface area contributed by atoms with Gasteiger partial charge in [0, 0.05) is 16.2 Å². The molecule has 0 saturated carbocycles. The maximum absolute atomic E-state index is 2.41. The van der Waals surface area contributed by atoms with Crippen molar-refractivity contribution in [1.82, 2.24) is 0 Å². The second-order valence-electron chi connectivity index (χ2n) is 5.23. The Labute approximate surface area is 125 Å². The molecule has 19 heavy (non-hydrogen) atoms. The van der Waals surface area contributed by atoms with Crippen LogP contribution >= 0.6 is 22.7 Å². The highest BCUT2D eigenvalue weighted by atomic mass is 32.1. The van der Waals surface area contributed by atoms with Crippen molar-refractivity contribution in [2.24, 2.45) is 0 Å². The van der Waals surface area contributed by atoms with Gasteiger partial charge in [-0.25, -0.2) is 0 Å². The van der Waals surface area contributed by atoms with Crippen molar-refractivity contribution in [1.29, 1.82) is 0 Å². The van der Waals surface area contributed by atoms with Gasteiger partial charge in [-0.15, -0.1) is 22.7 Å². The summed E-state index contributed by atoms with van der Waals surface area (Å²) >= 11 is 3.86. The molecule has 0 saturated heterocycles. The minimum Gasteiger partial charge on any atom is -0.148 e. The largest absolute Gasteiger partial charge is 0.148 e. The SMILES string of the molecule is CCCCc1csc(Cc2cc(CCCC)cs2)c1. The highest BCUT2D eigenvalue weighted by molar-refractivity contribution is 7.11. The Morgan fingerprint density at radius 3 is 1.68 bits per heavy atom. The van der Waals surface area contributed by atoms with Gasteiger partial charge < -0.3 is 0 Å².